The normalized spacial score (nSPS) is 10.3. The summed E-state index contributed by atoms with van der Waals surface area (Å²) in [6.45, 7) is 3.69. The number of amides is 1. The van der Waals surface area contributed by atoms with Crippen LogP contribution in [0.5, 0.6) is 5.75 Å². The topological polar surface area (TPSA) is 71.3 Å². The van der Waals surface area contributed by atoms with Gasteiger partial charge in [-0.3, -0.25) is 9.59 Å². The number of hydrogen-bond acceptors (Lipinski definition) is 3. The summed E-state index contributed by atoms with van der Waals surface area (Å²) < 4.78 is 1.76. The molecule has 0 spiro atoms. The Kier molecular flexibility index (Phi) is 3.89. The lowest BCUT2D eigenvalue weighted by molar-refractivity contribution is -0.116. The molecule has 104 valence electrons. The van der Waals surface area contributed by atoms with Crippen molar-refractivity contribution < 1.29 is 9.90 Å². The number of aromatic nitrogens is 1. The van der Waals surface area contributed by atoms with Gasteiger partial charge in [0, 0.05) is 35.3 Å². The van der Waals surface area contributed by atoms with E-state index in [1.807, 2.05) is 0 Å². The molecule has 2 aromatic rings. The van der Waals surface area contributed by atoms with Crippen molar-refractivity contribution in [3.63, 3.8) is 0 Å². The SMILES string of the molecule is Cc1cc(=O)cc(C)n1CC(=O)Nc1cccc(O)c1. The molecule has 0 aliphatic carbocycles. The Morgan fingerprint density at radius 1 is 1.20 bits per heavy atom. The van der Waals surface area contributed by atoms with Gasteiger partial charge in [-0.25, -0.2) is 0 Å². The largest absolute Gasteiger partial charge is 0.508 e. The van der Waals surface area contributed by atoms with Crippen molar-refractivity contribution in [1.82, 2.24) is 4.57 Å². The monoisotopic (exact) mass is 272 g/mol. The average Bonchev–Trinajstić information content (AvgIpc) is 2.33. The second-order valence-corrected chi connectivity index (χ2v) is 4.66. The Hall–Kier alpha value is -2.56. The average molecular weight is 272 g/mol. The molecule has 0 bridgehead atoms. The molecular formula is C15H16N2O3. The Balaban J connectivity index is 2.15. The van der Waals surface area contributed by atoms with Crippen LogP contribution in [0, 0.1) is 13.8 Å². The van der Waals surface area contributed by atoms with Gasteiger partial charge in [-0.2, -0.15) is 0 Å². The number of aromatic hydroxyl groups is 1. The molecule has 0 aliphatic heterocycles. The summed E-state index contributed by atoms with van der Waals surface area (Å²) in [6.07, 6.45) is 0. The number of nitrogens with one attached hydrogen (secondary N) is 1. The van der Waals surface area contributed by atoms with E-state index in [9.17, 15) is 14.7 Å². The van der Waals surface area contributed by atoms with E-state index in [-0.39, 0.29) is 23.6 Å². The highest BCUT2D eigenvalue weighted by Crippen LogP contribution is 2.15. The molecular weight excluding hydrogens is 256 g/mol. The number of benzene rings is 1. The Morgan fingerprint density at radius 3 is 2.45 bits per heavy atom. The second kappa shape index (κ2) is 5.61. The summed E-state index contributed by atoms with van der Waals surface area (Å²) in [6, 6.07) is 9.35. The van der Waals surface area contributed by atoms with Gasteiger partial charge < -0.3 is 15.0 Å². The first-order valence-corrected chi connectivity index (χ1v) is 6.22. The highest BCUT2D eigenvalue weighted by molar-refractivity contribution is 5.90. The molecule has 0 saturated heterocycles. The van der Waals surface area contributed by atoms with Crippen molar-refractivity contribution in [3.8, 4) is 5.75 Å². The molecule has 0 atom stereocenters. The number of anilines is 1. The number of rotatable bonds is 3. The summed E-state index contributed by atoms with van der Waals surface area (Å²) in [5.41, 5.74) is 1.94. The zero-order chi connectivity index (χ0) is 14.7. The smallest absolute Gasteiger partial charge is 0.244 e. The summed E-state index contributed by atoms with van der Waals surface area (Å²) >= 11 is 0. The van der Waals surface area contributed by atoms with E-state index in [1.165, 1.54) is 24.3 Å². The van der Waals surface area contributed by atoms with Crippen LogP contribution in [0.1, 0.15) is 11.4 Å². The van der Waals surface area contributed by atoms with E-state index in [2.05, 4.69) is 5.32 Å². The molecule has 5 nitrogen and oxygen atoms in total. The number of phenols is 1. The molecule has 0 fully saturated rings. The van der Waals surface area contributed by atoms with Crippen molar-refractivity contribution in [2.75, 3.05) is 5.32 Å². The van der Waals surface area contributed by atoms with Gasteiger partial charge in [0.1, 0.15) is 12.3 Å². The number of carbonyl (C=O) groups is 1. The predicted octanol–water partition coefficient (Wildman–Crippen LogP) is 1.81. The molecule has 2 N–H and O–H groups in total. The van der Waals surface area contributed by atoms with Gasteiger partial charge in [-0.05, 0) is 26.0 Å². The maximum Gasteiger partial charge on any atom is 0.244 e. The minimum atomic E-state index is -0.217. The molecule has 1 aromatic carbocycles. The lowest BCUT2D eigenvalue weighted by atomic mass is 10.2. The van der Waals surface area contributed by atoms with E-state index in [4.69, 9.17) is 0 Å². The first-order valence-electron chi connectivity index (χ1n) is 6.22. The van der Waals surface area contributed by atoms with Crippen LogP contribution in [-0.4, -0.2) is 15.6 Å². The molecule has 5 heteroatoms. The third kappa shape index (κ3) is 3.26. The molecule has 0 unspecified atom stereocenters. The minimum Gasteiger partial charge on any atom is -0.508 e. The maximum atomic E-state index is 12.0. The van der Waals surface area contributed by atoms with Crippen LogP contribution in [0.15, 0.2) is 41.2 Å². The van der Waals surface area contributed by atoms with Gasteiger partial charge in [0.05, 0.1) is 0 Å². The summed E-state index contributed by atoms with van der Waals surface area (Å²) in [5, 5.41) is 12.0. The number of carbonyl (C=O) groups excluding carboxylic acids is 1. The molecule has 0 radical (unpaired) electrons. The number of hydrogen-bond donors (Lipinski definition) is 2. The summed E-state index contributed by atoms with van der Waals surface area (Å²) in [5.74, 6) is -0.121. The fourth-order valence-corrected chi connectivity index (χ4v) is 2.06. The van der Waals surface area contributed by atoms with Gasteiger partial charge in [-0.1, -0.05) is 6.07 Å². The van der Waals surface area contributed by atoms with Crippen LogP contribution in [-0.2, 0) is 11.3 Å². The third-order valence-corrected chi connectivity index (χ3v) is 2.99. The van der Waals surface area contributed by atoms with Gasteiger partial charge in [0.15, 0.2) is 5.43 Å². The fraction of sp³-hybridized carbons (Fsp3) is 0.200. The Labute approximate surface area is 116 Å². The number of nitrogens with zero attached hydrogens (tertiary/aromatic N) is 1. The Bertz CT molecular complexity index is 678. The number of phenolic OH excluding ortho intramolecular Hbond substituents is 1. The highest BCUT2D eigenvalue weighted by atomic mass is 16.3. The van der Waals surface area contributed by atoms with Crippen LogP contribution in [0.25, 0.3) is 0 Å². The minimum absolute atomic E-state index is 0.0651. The lowest BCUT2D eigenvalue weighted by Gasteiger charge is -2.14. The van der Waals surface area contributed by atoms with Crippen LogP contribution in [0.3, 0.4) is 0 Å². The van der Waals surface area contributed by atoms with Crippen molar-refractivity contribution in [1.29, 1.82) is 0 Å². The van der Waals surface area contributed by atoms with E-state index in [0.717, 1.165) is 11.4 Å². The van der Waals surface area contributed by atoms with E-state index in [0.29, 0.717) is 5.69 Å². The first-order chi connectivity index (χ1) is 9.45. The van der Waals surface area contributed by atoms with Crippen LogP contribution in [0.2, 0.25) is 0 Å². The van der Waals surface area contributed by atoms with Crippen LogP contribution in [0.4, 0.5) is 5.69 Å². The molecule has 1 amide bonds. The molecule has 0 aliphatic rings. The van der Waals surface area contributed by atoms with Crippen LogP contribution >= 0.6 is 0 Å². The molecule has 1 aromatic heterocycles. The Morgan fingerprint density at radius 2 is 1.85 bits per heavy atom. The zero-order valence-corrected chi connectivity index (χ0v) is 11.4. The third-order valence-electron chi connectivity index (χ3n) is 2.99. The molecule has 20 heavy (non-hydrogen) atoms. The predicted molar refractivity (Wildman–Crippen MR) is 76.9 cm³/mol. The first kappa shape index (κ1) is 13.9. The summed E-state index contributed by atoms with van der Waals surface area (Å²) in [4.78, 5) is 23.3. The standard InChI is InChI=1S/C15H16N2O3/c1-10-6-14(19)7-11(2)17(10)9-15(20)16-12-4-3-5-13(18)8-12/h3-8,18H,9H2,1-2H3,(H,16,20). The number of aryl methyl sites for hydroxylation is 2. The molecule has 0 saturated carbocycles. The quantitative estimate of drug-likeness (QED) is 0.895. The molecule has 2 rings (SSSR count). The lowest BCUT2D eigenvalue weighted by Crippen LogP contribution is -2.23. The van der Waals surface area contributed by atoms with Crippen molar-refractivity contribution in [3.05, 3.63) is 58.0 Å². The van der Waals surface area contributed by atoms with Gasteiger partial charge in [0.25, 0.3) is 0 Å². The van der Waals surface area contributed by atoms with Crippen molar-refractivity contribution in [2.24, 2.45) is 0 Å². The van der Waals surface area contributed by atoms with Gasteiger partial charge in [-0.15, -0.1) is 0 Å². The molecule has 1 heterocycles. The number of pyridine rings is 1. The van der Waals surface area contributed by atoms with Crippen molar-refractivity contribution in [2.45, 2.75) is 20.4 Å². The van der Waals surface area contributed by atoms with E-state index < -0.39 is 0 Å². The van der Waals surface area contributed by atoms with Crippen molar-refractivity contribution >= 4 is 11.6 Å². The van der Waals surface area contributed by atoms with Crippen LogP contribution < -0.4 is 10.7 Å². The van der Waals surface area contributed by atoms with E-state index in [1.54, 1.807) is 30.5 Å². The summed E-state index contributed by atoms with van der Waals surface area (Å²) in [7, 11) is 0. The second-order valence-electron chi connectivity index (χ2n) is 4.66. The van der Waals surface area contributed by atoms with Gasteiger partial charge in [0.2, 0.25) is 5.91 Å². The fourth-order valence-electron chi connectivity index (χ4n) is 2.06. The highest BCUT2D eigenvalue weighted by Gasteiger charge is 2.08. The van der Waals surface area contributed by atoms with E-state index >= 15 is 0 Å². The zero-order valence-electron chi connectivity index (χ0n) is 11.4. The maximum absolute atomic E-state index is 12.0. The van der Waals surface area contributed by atoms with Gasteiger partial charge >= 0.3 is 0 Å².